The van der Waals surface area contributed by atoms with Crippen molar-refractivity contribution >= 4 is 33.2 Å². The zero-order valence-corrected chi connectivity index (χ0v) is 13.3. The van der Waals surface area contributed by atoms with Gasteiger partial charge in [0.1, 0.15) is 9.77 Å². The van der Waals surface area contributed by atoms with Crippen molar-refractivity contribution in [1.29, 1.82) is 0 Å². The van der Waals surface area contributed by atoms with Crippen LogP contribution in [0.25, 0.3) is 0 Å². The monoisotopic (exact) mass is 332 g/mol. The number of sulfonamides is 1. The molecule has 0 spiro atoms. The lowest BCUT2D eigenvalue weighted by Gasteiger charge is -2.33. The van der Waals surface area contributed by atoms with Crippen molar-refractivity contribution in [3.63, 3.8) is 0 Å². The molecule has 1 saturated heterocycles. The standard InChI is InChI=1S/C12H16N2O5S2/c1-8-7-20-10(12(16)17)11(8)21(18,19)14-5-3-13(4-6-14)9(2)15/h7H,3-6H2,1-2H3,(H,16,17). The predicted octanol–water partition coefficient (Wildman–Crippen LogP) is 0.608. The largest absolute Gasteiger partial charge is 0.477 e. The van der Waals surface area contributed by atoms with E-state index in [4.69, 9.17) is 5.11 Å². The van der Waals surface area contributed by atoms with E-state index in [1.807, 2.05) is 0 Å². The summed E-state index contributed by atoms with van der Waals surface area (Å²) in [6.07, 6.45) is 0. The van der Waals surface area contributed by atoms with Crippen LogP contribution in [-0.4, -0.2) is 60.8 Å². The third-order valence-electron chi connectivity index (χ3n) is 3.39. The number of carbonyl (C=O) groups is 2. The summed E-state index contributed by atoms with van der Waals surface area (Å²) in [6, 6.07) is 0. The molecule has 1 aliphatic heterocycles. The molecule has 116 valence electrons. The summed E-state index contributed by atoms with van der Waals surface area (Å²) in [5.41, 5.74) is 0.436. The quantitative estimate of drug-likeness (QED) is 0.875. The van der Waals surface area contributed by atoms with Gasteiger partial charge in [-0.1, -0.05) is 0 Å². The average molecular weight is 332 g/mol. The topological polar surface area (TPSA) is 95.0 Å². The van der Waals surface area contributed by atoms with Gasteiger partial charge in [-0.05, 0) is 17.9 Å². The number of rotatable bonds is 3. The Morgan fingerprint density at radius 2 is 1.81 bits per heavy atom. The van der Waals surface area contributed by atoms with Gasteiger partial charge in [0.25, 0.3) is 0 Å². The summed E-state index contributed by atoms with van der Waals surface area (Å²) in [4.78, 5) is 23.7. The van der Waals surface area contributed by atoms with Gasteiger partial charge in [-0.15, -0.1) is 11.3 Å². The minimum absolute atomic E-state index is 0.0926. The highest BCUT2D eigenvalue weighted by Gasteiger charge is 2.34. The normalized spacial score (nSPS) is 17.0. The maximum Gasteiger partial charge on any atom is 0.347 e. The minimum atomic E-state index is -3.85. The second kappa shape index (κ2) is 5.74. The minimum Gasteiger partial charge on any atom is -0.477 e. The van der Waals surface area contributed by atoms with E-state index in [-0.39, 0.29) is 28.8 Å². The van der Waals surface area contributed by atoms with Gasteiger partial charge in [0.05, 0.1) is 0 Å². The summed E-state index contributed by atoms with van der Waals surface area (Å²) in [5.74, 6) is -1.33. The highest BCUT2D eigenvalue weighted by Crippen LogP contribution is 2.30. The van der Waals surface area contributed by atoms with Crippen LogP contribution in [0, 0.1) is 6.92 Å². The number of amides is 1. The number of aromatic carboxylic acids is 1. The van der Waals surface area contributed by atoms with E-state index in [1.165, 1.54) is 16.6 Å². The highest BCUT2D eigenvalue weighted by molar-refractivity contribution is 7.89. The van der Waals surface area contributed by atoms with E-state index in [9.17, 15) is 18.0 Å². The first kappa shape index (κ1) is 15.9. The van der Waals surface area contributed by atoms with Crippen LogP contribution in [-0.2, 0) is 14.8 Å². The molecule has 7 nitrogen and oxygen atoms in total. The molecular weight excluding hydrogens is 316 g/mol. The zero-order chi connectivity index (χ0) is 15.8. The lowest BCUT2D eigenvalue weighted by molar-refractivity contribution is -0.129. The number of hydrogen-bond donors (Lipinski definition) is 1. The van der Waals surface area contributed by atoms with Crippen molar-refractivity contribution in [1.82, 2.24) is 9.21 Å². The molecular formula is C12H16N2O5S2. The van der Waals surface area contributed by atoms with E-state index in [1.54, 1.807) is 11.8 Å². The fourth-order valence-electron chi connectivity index (χ4n) is 2.27. The summed E-state index contributed by atoms with van der Waals surface area (Å²) < 4.78 is 26.5. The van der Waals surface area contributed by atoms with Crippen molar-refractivity contribution < 1.29 is 23.1 Å². The third-order valence-corrected chi connectivity index (χ3v) is 6.70. The van der Waals surface area contributed by atoms with Gasteiger partial charge >= 0.3 is 5.97 Å². The lowest BCUT2D eigenvalue weighted by Crippen LogP contribution is -2.50. The van der Waals surface area contributed by atoms with Crippen LogP contribution in [0.2, 0.25) is 0 Å². The molecule has 2 rings (SSSR count). The zero-order valence-electron chi connectivity index (χ0n) is 11.7. The Kier molecular flexibility index (Phi) is 4.35. The summed E-state index contributed by atoms with van der Waals surface area (Å²) in [6.45, 7) is 4.02. The molecule has 0 aromatic carbocycles. The fourth-order valence-corrected chi connectivity index (χ4v) is 5.28. The Morgan fingerprint density at radius 1 is 1.24 bits per heavy atom. The van der Waals surface area contributed by atoms with Crippen LogP contribution in [0.4, 0.5) is 0 Å². The van der Waals surface area contributed by atoms with Crippen LogP contribution in [0.1, 0.15) is 22.2 Å². The Morgan fingerprint density at radius 3 is 2.29 bits per heavy atom. The number of carbonyl (C=O) groups excluding carboxylic acids is 1. The number of carboxylic acid groups (broad SMARTS) is 1. The molecule has 0 bridgehead atoms. The number of nitrogens with zero attached hydrogens (tertiary/aromatic N) is 2. The van der Waals surface area contributed by atoms with Crippen molar-refractivity contribution in [3.05, 3.63) is 15.8 Å². The van der Waals surface area contributed by atoms with Gasteiger partial charge in [-0.2, -0.15) is 4.31 Å². The highest BCUT2D eigenvalue weighted by atomic mass is 32.2. The van der Waals surface area contributed by atoms with Gasteiger partial charge in [-0.3, -0.25) is 4.79 Å². The number of hydrogen-bond acceptors (Lipinski definition) is 5. The van der Waals surface area contributed by atoms with Crippen LogP contribution < -0.4 is 0 Å². The molecule has 1 aromatic rings. The number of thiophene rings is 1. The molecule has 0 aliphatic carbocycles. The second-order valence-electron chi connectivity index (χ2n) is 4.79. The molecule has 2 heterocycles. The maximum atomic E-state index is 12.6. The van der Waals surface area contributed by atoms with Gasteiger partial charge in [-0.25, -0.2) is 13.2 Å². The van der Waals surface area contributed by atoms with Crippen molar-refractivity contribution in [2.45, 2.75) is 18.7 Å². The number of carboxylic acids is 1. The summed E-state index contributed by atoms with van der Waals surface area (Å²) in [7, 11) is -3.85. The fraction of sp³-hybridized carbons (Fsp3) is 0.500. The third kappa shape index (κ3) is 2.94. The first-order chi connectivity index (χ1) is 9.75. The average Bonchev–Trinajstić information content (AvgIpc) is 2.81. The predicted molar refractivity (Wildman–Crippen MR) is 77.0 cm³/mol. The maximum absolute atomic E-state index is 12.6. The van der Waals surface area contributed by atoms with E-state index in [0.29, 0.717) is 18.7 Å². The van der Waals surface area contributed by atoms with Gasteiger partial charge < -0.3 is 10.0 Å². The van der Waals surface area contributed by atoms with Crippen molar-refractivity contribution in [2.24, 2.45) is 0 Å². The molecule has 0 saturated carbocycles. The molecule has 1 amide bonds. The Balaban J connectivity index is 2.30. The molecule has 0 radical (unpaired) electrons. The first-order valence-electron chi connectivity index (χ1n) is 6.32. The molecule has 1 fully saturated rings. The molecule has 1 aliphatic rings. The van der Waals surface area contributed by atoms with Gasteiger partial charge in [0.2, 0.25) is 15.9 Å². The molecule has 21 heavy (non-hydrogen) atoms. The van der Waals surface area contributed by atoms with Crippen molar-refractivity contribution in [2.75, 3.05) is 26.2 Å². The first-order valence-corrected chi connectivity index (χ1v) is 8.64. The Bertz CT molecular complexity index is 672. The molecule has 0 unspecified atom stereocenters. The van der Waals surface area contributed by atoms with Crippen LogP contribution in [0.15, 0.2) is 10.3 Å². The molecule has 0 atom stereocenters. The van der Waals surface area contributed by atoms with E-state index < -0.39 is 16.0 Å². The summed E-state index contributed by atoms with van der Waals surface area (Å²) in [5, 5.41) is 10.7. The Hall–Kier alpha value is -1.45. The number of aryl methyl sites for hydroxylation is 1. The second-order valence-corrected chi connectivity index (χ2v) is 7.55. The number of piperazine rings is 1. The molecule has 1 aromatic heterocycles. The van der Waals surface area contributed by atoms with Crippen LogP contribution in [0.5, 0.6) is 0 Å². The van der Waals surface area contributed by atoms with E-state index in [2.05, 4.69) is 0 Å². The molecule has 9 heteroatoms. The smallest absolute Gasteiger partial charge is 0.347 e. The van der Waals surface area contributed by atoms with Gasteiger partial charge in [0, 0.05) is 33.1 Å². The van der Waals surface area contributed by atoms with E-state index in [0.717, 1.165) is 11.3 Å². The van der Waals surface area contributed by atoms with Crippen molar-refractivity contribution in [3.8, 4) is 0 Å². The Labute approximate surface area is 126 Å². The molecule has 1 N–H and O–H groups in total. The van der Waals surface area contributed by atoms with Crippen LogP contribution in [0.3, 0.4) is 0 Å². The van der Waals surface area contributed by atoms with E-state index >= 15 is 0 Å². The SMILES string of the molecule is CC(=O)N1CCN(S(=O)(=O)c2c(C)csc2C(=O)O)CC1. The summed E-state index contributed by atoms with van der Waals surface area (Å²) >= 11 is 0.911. The van der Waals surface area contributed by atoms with Crippen LogP contribution >= 0.6 is 11.3 Å². The lowest BCUT2D eigenvalue weighted by atomic mass is 10.3. The van der Waals surface area contributed by atoms with Gasteiger partial charge in [0.15, 0.2) is 0 Å².